The first-order valence-corrected chi connectivity index (χ1v) is 9.36. The molecule has 0 atom stereocenters. The van der Waals surface area contributed by atoms with Crippen molar-refractivity contribution in [3.05, 3.63) is 63.6 Å². The topological polar surface area (TPSA) is 103 Å². The Bertz CT molecular complexity index is 991. The molecule has 2 aromatic heterocycles. The van der Waals surface area contributed by atoms with Crippen molar-refractivity contribution in [1.82, 2.24) is 25.4 Å². The molecule has 146 valence electrons. The van der Waals surface area contributed by atoms with Gasteiger partial charge < -0.3 is 10.2 Å². The number of anilines is 1. The van der Waals surface area contributed by atoms with Gasteiger partial charge in [0.15, 0.2) is 5.13 Å². The third-order valence-corrected chi connectivity index (χ3v) is 4.78. The number of aromatic nitrogens is 3. The number of aromatic amines is 1. The largest absolute Gasteiger partial charge is 0.336 e. The van der Waals surface area contributed by atoms with Gasteiger partial charge in [-0.15, -0.1) is 11.3 Å². The summed E-state index contributed by atoms with van der Waals surface area (Å²) in [4.78, 5) is 30.0. The van der Waals surface area contributed by atoms with E-state index >= 15 is 0 Å². The fraction of sp³-hybridized carbons (Fsp3) is 0.176. The molecule has 0 fully saturated rings. The molecule has 3 N–H and O–H groups in total. The molecule has 11 heteroatoms. The van der Waals surface area contributed by atoms with E-state index in [9.17, 15) is 14.0 Å². The molecular weight excluding hydrogens is 407 g/mol. The number of thiazole rings is 1. The summed E-state index contributed by atoms with van der Waals surface area (Å²) < 4.78 is 13.1. The van der Waals surface area contributed by atoms with Gasteiger partial charge in [0.25, 0.3) is 5.91 Å². The third-order valence-electron chi connectivity index (χ3n) is 3.68. The molecule has 0 radical (unpaired) electrons. The number of carbonyl (C=O) groups is 2. The van der Waals surface area contributed by atoms with Gasteiger partial charge in [-0.25, -0.2) is 14.2 Å². The molecule has 3 rings (SSSR count). The number of carbonyl (C=O) groups excluding carboxylic acids is 2. The first-order valence-electron chi connectivity index (χ1n) is 8.10. The number of halogens is 2. The number of rotatable bonds is 6. The lowest BCUT2D eigenvalue weighted by atomic mass is 10.2. The maximum absolute atomic E-state index is 13.1. The van der Waals surface area contributed by atoms with E-state index in [1.54, 1.807) is 24.6 Å². The third kappa shape index (κ3) is 5.05. The first kappa shape index (κ1) is 19.8. The minimum atomic E-state index is -0.459. The minimum absolute atomic E-state index is 0.174. The Hall–Kier alpha value is -2.98. The monoisotopic (exact) mass is 422 g/mol. The molecule has 0 aliphatic heterocycles. The highest BCUT2D eigenvalue weighted by molar-refractivity contribution is 7.13. The van der Waals surface area contributed by atoms with E-state index in [0.29, 0.717) is 16.4 Å². The predicted octanol–water partition coefficient (Wildman–Crippen LogP) is 3.25. The Balaban J connectivity index is 1.51. The Labute approximate surface area is 168 Å². The Morgan fingerprint density at radius 2 is 2.21 bits per heavy atom. The number of H-pyrrole nitrogens is 1. The number of nitrogens with zero attached hydrogens (tertiary/aromatic N) is 3. The smallest absolute Gasteiger partial charge is 0.321 e. The first-order chi connectivity index (χ1) is 13.4. The quantitative estimate of drug-likeness (QED) is 0.567. The van der Waals surface area contributed by atoms with Gasteiger partial charge in [0.2, 0.25) is 0 Å². The number of urea groups is 1. The van der Waals surface area contributed by atoms with Gasteiger partial charge in [-0.05, 0) is 17.7 Å². The van der Waals surface area contributed by atoms with Gasteiger partial charge in [0.1, 0.15) is 11.0 Å². The van der Waals surface area contributed by atoms with Crippen LogP contribution in [0, 0.1) is 5.82 Å². The van der Waals surface area contributed by atoms with Gasteiger partial charge in [-0.3, -0.25) is 15.2 Å². The molecule has 0 spiro atoms. The van der Waals surface area contributed by atoms with Crippen LogP contribution in [-0.2, 0) is 13.1 Å². The zero-order valence-electron chi connectivity index (χ0n) is 14.7. The van der Waals surface area contributed by atoms with E-state index in [4.69, 9.17) is 11.6 Å². The molecule has 0 saturated carbocycles. The van der Waals surface area contributed by atoms with Crippen LogP contribution in [-0.4, -0.2) is 39.1 Å². The fourth-order valence-electron chi connectivity index (χ4n) is 2.35. The molecule has 2 heterocycles. The van der Waals surface area contributed by atoms with E-state index in [2.05, 4.69) is 25.8 Å². The minimum Gasteiger partial charge on any atom is -0.336 e. The summed E-state index contributed by atoms with van der Waals surface area (Å²) >= 11 is 7.10. The summed E-state index contributed by atoms with van der Waals surface area (Å²) in [6.45, 7) is 0.425. The molecule has 28 heavy (non-hydrogen) atoms. The van der Waals surface area contributed by atoms with Crippen LogP contribution in [0.2, 0.25) is 5.15 Å². The predicted molar refractivity (Wildman–Crippen MR) is 104 cm³/mol. The number of amides is 3. The Morgan fingerprint density at radius 3 is 2.93 bits per heavy atom. The van der Waals surface area contributed by atoms with Crippen molar-refractivity contribution in [2.24, 2.45) is 0 Å². The van der Waals surface area contributed by atoms with Gasteiger partial charge >= 0.3 is 6.03 Å². The van der Waals surface area contributed by atoms with E-state index < -0.39 is 6.03 Å². The second kappa shape index (κ2) is 8.81. The summed E-state index contributed by atoms with van der Waals surface area (Å²) in [5, 5.41) is 13.8. The van der Waals surface area contributed by atoms with Crippen LogP contribution in [0.1, 0.15) is 21.6 Å². The van der Waals surface area contributed by atoms with Crippen molar-refractivity contribution in [3.63, 3.8) is 0 Å². The molecule has 1 aromatic carbocycles. The second-order valence-corrected chi connectivity index (χ2v) is 7.08. The highest BCUT2D eigenvalue weighted by atomic mass is 35.5. The van der Waals surface area contributed by atoms with Crippen LogP contribution < -0.4 is 10.6 Å². The Kier molecular flexibility index (Phi) is 6.22. The van der Waals surface area contributed by atoms with Gasteiger partial charge in [-0.2, -0.15) is 5.10 Å². The average molecular weight is 423 g/mol. The zero-order valence-corrected chi connectivity index (χ0v) is 16.3. The molecule has 0 bridgehead atoms. The van der Waals surface area contributed by atoms with Crippen LogP contribution >= 0.6 is 22.9 Å². The SMILES string of the molecule is CN(Cc1csc(NC(=O)NCc2cccc(F)c2)n1)C(=O)c1cn[nH]c1Cl. The average Bonchev–Trinajstić information content (AvgIpc) is 3.28. The van der Waals surface area contributed by atoms with E-state index in [0.717, 1.165) is 0 Å². The van der Waals surface area contributed by atoms with Crippen LogP contribution in [0.5, 0.6) is 0 Å². The van der Waals surface area contributed by atoms with Crippen molar-refractivity contribution >= 4 is 40.0 Å². The molecule has 8 nitrogen and oxygen atoms in total. The van der Waals surface area contributed by atoms with Crippen molar-refractivity contribution in [2.45, 2.75) is 13.1 Å². The van der Waals surface area contributed by atoms with Crippen LogP contribution in [0.15, 0.2) is 35.8 Å². The normalized spacial score (nSPS) is 10.5. The lowest BCUT2D eigenvalue weighted by Crippen LogP contribution is -2.28. The summed E-state index contributed by atoms with van der Waals surface area (Å²) in [7, 11) is 1.61. The molecule has 3 aromatic rings. The van der Waals surface area contributed by atoms with Crippen molar-refractivity contribution in [1.29, 1.82) is 0 Å². The van der Waals surface area contributed by atoms with Gasteiger partial charge in [-0.1, -0.05) is 23.7 Å². The summed E-state index contributed by atoms with van der Waals surface area (Å²) in [6.07, 6.45) is 1.36. The standard InChI is InChI=1S/C17H16ClFN6O2S/c1-25(15(26)13-7-21-24-14(13)18)8-12-9-28-17(22-12)23-16(27)20-6-10-3-2-4-11(19)5-10/h2-5,7,9H,6,8H2,1H3,(H,21,24)(H2,20,22,23,27). The summed E-state index contributed by atoms with van der Waals surface area (Å²) in [5.74, 6) is -0.659. The maximum Gasteiger partial charge on any atom is 0.321 e. The highest BCUT2D eigenvalue weighted by Gasteiger charge is 2.18. The maximum atomic E-state index is 13.1. The molecule has 0 aliphatic carbocycles. The number of hydrogen-bond donors (Lipinski definition) is 3. The number of benzene rings is 1. The summed E-state index contributed by atoms with van der Waals surface area (Å²) in [6, 6.07) is 5.51. The Morgan fingerprint density at radius 1 is 1.39 bits per heavy atom. The number of nitrogens with one attached hydrogen (secondary N) is 3. The second-order valence-electron chi connectivity index (χ2n) is 5.84. The van der Waals surface area contributed by atoms with Crippen molar-refractivity contribution in [2.75, 3.05) is 12.4 Å². The van der Waals surface area contributed by atoms with E-state index in [-0.39, 0.29) is 35.5 Å². The lowest BCUT2D eigenvalue weighted by Gasteiger charge is -2.14. The van der Waals surface area contributed by atoms with E-state index in [1.807, 2.05) is 0 Å². The summed E-state index contributed by atoms with van der Waals surface area (Å²) in [5.41, 5.74) is 1.53. The molecular formula is C17H16ClFN6O2S. The highest BCUT2D eigenvalue weighted by Crippen LogP contribution is 2.18. The molecule has 0 aliphatic rings. The van der Waals surface area contributed by atoms with Gasteiger partial charge in [0, 0.05) is 19.0 Å². The molecule has 0 unspecified atom stereocenters. The van der Waals surface area contributed by atoms with Crippen LogP contribution in [0.4, 0.5) is 14.3 Å². The molecule has 0 saturated heterocycles. The van der Waals surface area contributed by atoms with E-state index in [1.165, 1.54) is 34.6 Å². The van der Waals surface area contributed by atoms with Crippen LogP contribution in [0.25, 0.3) is 0 Å². The lowest BCUT2D eigenvalue weighted by molar-refractivity contribution is 0.0784. The van der Waals surface area contributed by atoms with Gasteiger partial charge in [0.05, 0.1) is 24.0 Å². The number of hydrogen-bond acceptors (Lipinski definition) is 5. The fourth-order valence-corrected chi connectivity index (χ4v) is 3.22. The molecule has 3 amide bonds. The van der Waals surface area contributed by atoms with Crippen LogP contribution in [0.3, 0.4) is 0 Å². The van der Waals surface area contributed by atoms with Crippen molar-refractivity contribution in [3.8, 4) is 0 Å². The van der Waals surface area contributed by atoms with Crippen molar-refractivity contribution < 1.29 is 14.0 Å². The zero-order chi connectivity index (χ0) is 20.1.